The van der Waals surface area contributed by atoms with Crippen LogP contribution in [0.3, 0.4) is 0 Å². The second-order valence-corrected chi connectivity index (χ2v) is 6.25. The van der Waals surface area contributed by atoms with Crippen molar-refractivity contribution in [3.8, 4) is 0 Å². The first-order valence-corrected chi connectivity index (χ1v) is 8.43. The largest absolute Gasteiger partial charge is 0.388 e. The molecule has 1 N–H and O–H groups in total. The normalized spacial score (nSPS) is 12.8. The predicted molar refractivity (Wildman–Crippen MR) is 88.1 cm³/mol. The molecular formula is C19H32O. The lowest BCUT2D eigenvalue weighted by Crippen LogP contribution is -1.98. The van der Waals surface area contributed by atoms with E-state index in [9.17, 15) is 5.11 Å². The highest BCUT2D eigenvalue weighted by molar-refractivity contribution is 5.25. The van der Waals surface area contributed by atoms with Crippen LogP contribution in [0, 0.1) is 0 Å². The first-order valence-electron chi connectivity index (χ1n) is 8.43. The molecule has 1 rings (SSSR count). The maximum Gasteiger partial charge on any atom is 0.0790 e. The molecule has 0 fully saturated rings. The van der Waals surface area contributed by atoms with Gasteiger partial charge in [-0.2, -0.15) is 0 Å². The summed E-state index contributed by atoms with van der Waals surface area (Å²) in [5.41, 5.74) is 2.41. The predicted octanol–water partition coefficient (Wildman–Crippen LogP) is 5.98. The molecule has 0 spiro atoms. The van der Waals surface area contributed by atoms with Gasteiger partial charge in [-0.15, -0.1) is 0 Å². The van der Waals surface area contributed by atoms with Gasteiger partial charge in [0.15, 0.2) is 0 Å². The van der Waals surface area contributed by atoms with Crippen LogP contribution in [-0.4, -0.2) is 5.11 Å². The van der Waals surface area contributed by atoms with E-state index in [4.69, 9.17) is 0 Å². The van der Waals surface area contributed by atoms with E-state index in [1.807, 2.05) is 0 Å². The second kappa shape index (κ2) is 9.99. The number of hydrogen-bond donors (Lipinski definition) is 1. The Balaban J connectivity index is 2.20. The molecule has 114 valence electrons. The third-order valence-corrected chi connectivity index (χ3v) is 4.07. The Labute approximate surface area is 125 Å². The van der Waals surface area contributed by atoms with Crippen LogP contribution in [0.2, 0.25) is 0 Å². The van der Waals surface area contributed by atoms with Crippen molar-refractivity contribution in [3.63, 3.8) is 0 Å². The Bertz CT molecular complexity index is 339. The van der Waals surface area contributed by atoms with E-state index in [1.165, 1.54) is 44.1 Å². The zero-order chi connectivity index (χ0) is 14.8. The van der Waals surface area contributed by atoms with Crippen LogP contribution < -0.4 is 0 Å². The summed E-state index contributed by atoms with van der Waals surface area (Å²) in [4.78, 5) is 0. The molecule has 1 nitrogen and oxygen atoms in total. The van der Waals surface area contributed by atoms with Gasteiger partial charge in [0.2, 0.25) is 0 Å². The van der Waals surface area contributed by atoms with Gasteiger partial charge in [0, 0.05) is 0 Å². The molecule has 1 aromatic carbocycles. The number of benzene rings is 1. The maximum atomic E-state index is 10.2. The molecule has 0 saturated carbocycles. The van der Waals surface area contributed by atoms with Gasteiger partial charge in [0.25, 0.3) is 0 Å². The van der Waals surface area contributed by atoms with Crippen LogP contribution in [0.4, 0.5) is 0 Å². The summed E-state index contributed by atoms with van der Waals surface area (Å²) in [5.74, 6) is 0.560. The van der Waals surface area contributed by atoms with Crippen molar-refractivity contribution >= 4 is 0 Å². The number of rotatable bonds is 10. The summed E-state index contributed by atoms with van der Waals surface area (Å²) in [5, 5.41) is 10.2. The lowest BCUT2D eigenvalue weighted by atomic mass is 9.97. The Hall–Kier alpha value is -0.820. The third-order valence-electron chi connectivity index (χ3n) is 4.07. The van der Waals surface area contributed by atoms with Gasteiger partial charge in [0.05, 0.1) is 6.10 Å². The zero-order valence-corrected chi connectivity index (χ0v) is 13.6. The highest BCUT2D eigenvalue weighted by Gasteiger charge is 2.07. The first kappa shape index (κ1) is 17.2. The van der Waals surface area contributed by atoms with Gasteiger partial charge in [-0.05, 0) is 23.5 Å². The summed E-state index contributed by atoms with van der Waals surface area (Å²) < 4.78 is 0. The quantitative estimate of drug-likeness (QED) is 0.521. The van der Waals surface area contributed by atoms with Gasteiger partial charge in [0.1, 0.15) is 0 Å². The summed E-state index contributed by atoms with van der Waals surface area (Å²) >= 11 is 0. The summed E-state index contributed by atoms with van der Waals surface area (Å²) in [6, 6.07) is 8.46. The Morgan fingerprint density at radius 2 is 1.30 bits per heavy atom. The lowest BCUT2D eigenvalue weighted by molar-refractivity contribution is 0.163. The van der Waals surface area contributed by atoms with Crippen LogP contribution in [0.5, 0.6) is 0 Å². The molecule has 0 amide bonds. The van der Waals surface area contributed by atoms with E-state index < -0.39 is 0 Å². The molecule has 0 bridgehead atoms. The second-order valence-electron chi connectivity index (χ2n) is 6.25. The highest BCUT2D eigenvalue weighted by atomic mass is 16.3. The standard InChI is InChI=1S/C19H32O/c1-4-5-6-7-8-9-10-11-19(20)18-14-12-17(13-15-18)16(2)3/h12-16,19-20H,4-11H2,1-3H3. The molecule has 0 saturated heterocycles. The van der Waals surface area contributed by atoms with Crippen molar-refractivity contribution < 1.29 is 5.11 Å². The molecule has 0 heterocycles. The number of aliphatic hydroxyl groups excluding tert-OH is 1. The number of unbranched alkanes of at least 4 members (excludes halogenated alkanes) is 6. The third kappa shape index (κ3) is 6.56. The summed E-state index contributed by atoms with van der Waals surface area (Å²) in [7, 11) is 0. The minimum atomic E-state index is -0.285. The van der Waals surface area contributed by atoms with Crippen LogP contribution in [0.1, 0.15) is 95.3 Å². The van der Waals surface area contributed by atoms with E-state index >= 15 is 0 Å². The van der Waals surface area contributed by atoms with E-state index in [2.05, 4.69) is 45.0 Å². The van der Waals surface area contributed by atoms with E-state index in [-0.39, 0.29) is 6.10 Å². The topological polar surface area (TPSA) is 20.2 Å². The van der Waals surface area contributed by atoms with Gasteiger partial charge < -0.3 is 5.11 Å². The van der Waals surface area contributed by atoms with Crippen LogP contribution >= 0.6 is 0 Å². The number of aliphatic hydroxyl groups is 1. The zero-order valence-electron chi connectivity index (χ0n) is 13.6. The minimum Gasteiger partial charge on any atom is -0.388 e. The van der Waals surface area contributed by atoms with Crippen molar-refractivity contribution in [3.05, 3.63) is 35.4 Å². The van der Waals surface area contributed by atoms with E-state index in [0.717, 1.165) is 18.4 Å². The fourth-order valence-electron chi connectivity index (χ4n) is 2.56. The van der Waals surface area contributed by atoms with Crippen molar-refractivity contribution in [2.45, 2.75) is 84.2 Å². The van der Waals surface area contributed by atoms with Gasteiger partial charge >= 0.3 is 0 Å². The van der Waals surface area contributed by atoms with Gasteiger partial charge in [-0.25, -0.2) is 0 Å². The van der Waals surface area contributed by atoms with Gasteiger partial charge in [-0.1, -0.05) is 90.0 Å². The van der Waals surface area contributed by atoms with Crippen molar-refractivity contribution in [2.75, 3.05) is 0 Å². The molecule has 0 aliphatic carbocycles. The lowest BCUT2D eigenvalue weighted by Gasteiger charge is -2.12. The Morgan fingerprint density at radius 3 is 1.85 bits per heavy atom. The molecule has 1 unspecified atom stereocenters. The minimum absolute atomic E-state index is 0.285. The fraction of sp³-hybridized carbons (Fsp3) is 0.684. The van der Waals surface area contributed by atoms with Crippen molar-refractivity contribution in [2.24, 2.45) is 0 Å². The average molecular weight is 276 g/mol. The fourth-order valence-corrected chi connectivity index (χ4v) is 2.56. The monoisotopic (exact) mass is 276 g/mol. The first-order chi connectivity index (χ1) is 9.65. The summed E-state index contributed by atoms with van der Waals surface area (Å²) in [6.45, 7) is 6.65. The van der Waals surface area contributed by atoms with Gasteiger partial charge in [-0.3, -0.25) is 0 Å². The molecule has 1 aromatic rings. The van der Waals surface area contributed by atoms with Crippen molar-refractivity contribution in [1.29, 1.82) is 0 Å². The molecule has 20 heavy (non-hydrogen) atoms. The highest BCUT2D eigenvalue weighted by Crippen LogP contribution is 2.22. The van der Waals surface area contributed by atoms with E-state index in [1.54, 1.807) is 0 Å². The number of hydrogen-bond acceptors (Lipinski definition) is 1. The molecule has 0 radical (unpaired) electrons. The summed E-state index contributed by atoms with van der Waals surface area (Å²) in [6.07, 6.45) is 9.73. The molecule has 1 atom stereocenters. The smallest absolute Gasteiger partial charge is 0.0790 e. The molecule has 0 aliphatic rings. The van der Waals surface area contributed by atoms with Crippen LogP contribution in [0.15, 0.2) is 24.3 Å². The van der Waals surface area contributed by atoms with E-state index in [0.29, 0.717) is 5.92 Å². The Morgan fingerprint density at radius 1 is 0.800 bits per heavy atom. The molecule has 0 aliphatic heterocycles. The Kier molecular flexibility index (Phi) is 8.60. The molecule has 0 aromatic heterocycles. The molecule has 1 heteroatoms. The maximum absolute atomic E-state index is 10.2. The molecular weight excluding hydrogens is 244 g/mol. The van der Waals surface area contributed by atoms with Crippen molar-refractivity contribution in [1.82, 2.24) is 0 Å². The SMILES string of the molecule is CCCCCCCCCC(O)c1ccc(C(C)C)cc1. The van der Waals surface area contributed by atoms with Crippen LogP contribution in [-0.2, 0) is 0 Å². The van der Waals surface area contributed by atoms with Crippen LogP contribution in [0.25, 0.3) is 0 Å². The average Bonchev–Trinajstić information content (AvgIpc) is 2.46.